The number of nitrogens with one attached hydrogen (secondary N) is 1. The van der Waals surface area contributed by atoms with Gasteiger partial charge in [-0.1, -0.05) is 6.07 Å². The standard InChI is InChI=1S/C24H30N2O5S/c1-32-9-7-25-22(29)15-11-24(30)17-10-14-4-5-16(27)20-18(14)23(24,21(31-20)19(15)28)6-8-26(17)12-13-2-3-13/h4-5,13,17,21,27-28,30H,2-3,6-12H2,1H3,(H,25,29)/t17-,21+,23+,24-/m1/s1. The monoisotopic (exact) mass is 458 g/mol. The fourth-order valence-corrected chi connectivity index (χ4v) is 7.05. The highest BCUT2D eigenvalue weighted by atomic mass is 32.2. The van der Waals surface area contributed by atoms with E-state index in [0.717, 1.165) is 30.0 Å². The third kappa shape index (κ3) is 2.60. The van der Waals surface area contributed by atoms with Crippen molar-refractivity contribution in [2.24, 2.45) is 5.92 Å². The molecule has 8 heteroatoms. The number of aliphatic hydroxyl groups excluding tert-OH is 1. The van der Waals surface area contributed by atoms with Gasteiger partial charge in [0.05, 0.1) is 16.6 Å². The maximum absolute atomic E-state index is 13.0. The van der Waals surface area contributed by atoms with Gasteiger partial charge in [0.1, 0.15) is 5.76 Å². The van der Waals surface area contributed by atoms with Gasteiger partial charge in [-0.25, -0.2) is 0 Å². The number of hydrogen-bond donors (Lipinski definition) is 4. The van der Waals surface area contributed by atoms with E-state index in [0.29, 0.717) is 31.1 Å². The van der Waals surface area contributed by atoms with E-state index in [4.69, 9.17) is 4.74 Å². The number of benzene rings is 1. The van der Waals surface area contributed by atoms with Gasteiger partial charge in [-0.05, 0) is 56.0 Å². The first-order valence-corrected chi connectivity index (χ1v) is 13.0. The van der Waals surface area contributed by atoms with Crippen LogP contribution in [0.3, 0.4) is 0 Å². The van der Waals surface area contributed by atoms with Crippen LogP contribution >= 0.6 is 11.8 Å². The predicted molar refractivity (Wildman–Crippen MR) is 121 cm³/mol. The molecule has 1 aromatic rings. The van der Waals surface area contributed by atoms with E-state index >= 15 is 0 Å². The Morgan fingerprint density at radius 1 is 1.34 bits per heavy atom. The predicted octanol–water partition coefficient (Wildman–Crippen LogP) is 1.86. The van der Waals surface area contributed by atoms with Crippen LogP contribution in [0.1, 0.15) is 36.8 Å². The molecule has 1 amide bonds. The molecule has 1 spiro atoms. The minimum atomic E-state index is -1.25. The number of hydrogen-bond acceptors (Lipinski definition) is 7. The third-order valence-electron chi connectivity index (χ3n) is 8.38. The number of piperidine rings is 1. The summed E-state index contributed by atoms with van der Waals surface area (Å²) in [6.07, 6.45) is 4.92. The lowest BCUT2D eigenvalue weighted by atomic mass is 9.49. The minimum Gasteiger partial charge on any atom is -0.508 e. The van der Waals surface area contributed by atoms with E-state index in [1.807, 2.05) is 12.3 Å². The largest absolute Gasteiger partial charge is 0.508 e. The van der Waals surface area contributed by atoms with Gasteiger partial charge in [-0.3, -0.25) is 9.69 Å². The number of rotatable bonds is 6. The zero-order chi connectivity index (χ0) is 22.3. The van der Waals surface area contributed by atoms with Crippen molar-refractivity contribution < 1.29 is 24.9 Å². The highest BCUT2D eigenvalue weighted by molar-refractivity contribution is 7.98. The maximum Gasteiger partial charge on any atom is 0.250 e. The Kier molecular flexibility index (Phi) is 4.56. The fourth-order valence-electron chi connectivity index (χ4n) is 6.74. The Hall–Kier alpha value is -1.90. The van der Waals surface area contributed by atoms with Crippen LogP contribution < -0.4 is 10.1 Å². The molecule has 0 unspecified atom stereocenters. The van der Waals surface area contributed by atoms with Crippen molar-refractivity contribution in [1.29, 1.82) is 0 Å². The average Bonchev–Trinajstić information content (AvgIpc) is 3.51. The number of phenols is 1. The van der Waals surface area contributed by atoms with Crippen molar-refractivity contribution in [2.75, 3.05) is 31.6 Å². The maximum atomic E-state index is 13.0. The molecule has 1 aromatic carbocycles. The molecule has 1 saturated carbocycles. The lowest BCUT2D eigenvalue weighted by Crippen LogP contribution is -2.75. The zero-order valence-corrected chi connectivity index (χ0v) is 19.1. The smallest absolute Gasteiger partial charge is 0.250 e. The molecule has 2 bridgehead atoms. The molecule has 2 aliphatic heterocycles. The van der Waals surface area contributed by atoms with E-state index in [2.05, 4.69) is 10.2 Å². The Morgan fingerprint density at radius 3 is 2.91 bits per heavy atom. The van der Waals surface area contributed by atoms with Crippen molar-refractivity contribution in [3.8, 4) is 11.5 Å². The molecule has 32 heavy (non-hydrogen) atoms. The SMILES string of the molecule is CSCCNC(=O)C1=C(O)[C@@H]2Oc3c(O)ccc4c3[C@@]23CCN(CC2CC2)[C@H](C4)[C@]3(O)C1. The third-order valence-corrected chi connectivity index (χ3v) is 9.00. The average molecular weight is 459 g/mol. The van der Waals surface area contributed by atoms with Crippen molar-refractivity contribution >= 4 is 17.7 Å². The number of nitrogens with zero attached hydrogens (tertiary/aromatic N) is 1. The van der Waals surface area contributed by atoms with Gasteiger partial charge >= 0.3 is 0 Å². The molecular weight excluding hydrogens is 428 g/mol. The number of ether oxygens (including phenoxy) is 1. The first-order chi connectivity index (χ1) is 15.4. The second-order valence-corrected chi connectivity index (χ2v) is 11.0. The van der Waals surface area contributed by atoms with E-state index in [9.17, 15) is 20.1 Å². The Bertz CT molecular complexity index is 1020. The number of carbonyl (C=O) groups excluding carboxylic acids is 1. The Balaban J connectivity index is 1.48. The Morgan fingerprint density at radius 2 is 2.16 bits per heavy atom. The first-order valence-electron chi connectivity index (χ1n) is 11.6. The summed E-state index contributed by atoms with van der Waals surface area (Å²) in [5, 5.41) is 37.2. The van der Waals surface area contributed by atoms with Crippen LogP contribution in [0, 0.1) is 5.92 Å². The molecule has 0 aromatic heterocycles. The highest BCUT2D eigenvalue weighted by Gasteiger charge is 2.73. The van der Waals surface area contributed by atoms with Crippen LogP contribution in [0.5, 0.6) is 11.5 Å². The zero-order valence-electron chi connectivity index (χ0n) is 18.3. The molecule has 3 aliphatic carbocycles. The van der Waals surface area contributed by atoms with Crippen molar-refractivity contribution in [1.82, 2.24) is 10.2 Å². The summed E-state index contributed by atoms with van der Waals surface area (Å²) in [5.74, 6) is 1.38. The Labute approximate surface area is 191 Å². The van der Waals surface area contributed by atoms with Gasteiger partial charge in [0, 0.05) is 36.9 Å². The second kappa shape index (κ2) is 7.05. The molecule has 0 radical (unpaired) electrons. The molecule has 4 N–H and O–H groups in total. The van der Waals surface area contributed by atoms with Crippen LogP contribution in [0.4, 0.5) is 0 Å². The van der Waals surface area contributed by atoms with Crippen molar-refractivity contribution in [3.05, 3.63) is 34.6 Å². The normalized spacial score (nSPS) is 34.8. The van der Waals surface area contributed by atoms with E-state index < -0.39 is 17.1 Å². The fraction of sp³-hybridized carbons (Fsp3) is 0.625. The first kappa shape index (κ1) is 20.7. The van der Waals surface area contributed by atoms with Crippen LogP contribution in [0.15, 0.2) is 23.5 Å². The summed E-state index contributed by atoms with van der Waals surface area (Å²) in [6.45, 7) is 2.26. The number of aliphatic hydroxyl groups is 2. The summed E-state index contributed by atoms with van der Waals surface area (Å²) in [5.41, 5.74) is 0.00185. The van der Waals surface area contributed by atoms with E-state index in [-0.39, 0.29) is 35.5 Å². The minimum absolute atomic E-state index is 0.0208. The lowest BCUT2D eigenvalue weighted by Gasteiger charge is -2.62. The highest BCUT2D eigenvalue weighted by Crippen LogP contribution is 2.66. The topological polar surface area (TPSA) is 102 Å². The molecule has 2 fully saturated rings. The van der Waals surface area contributed by atoms with Crippen molar-refractivity contribution in [3.63, 3.8) is 0 Å². The van der Waals surface area contributed by atoms with Crippen LogP contribution in [-0.2, 0) is 16.6 Å². The summed E-state index contributed by atoms with van der Waals surface area (Å²) in [6, 6.07) is 3.41. The number of thioether (sulfide) groups is 1. The summed E-state index contributed by atoms with van der Waals surface area (Å²) >= 11 is 1.63. The number of phenolic OH excluding ortho intramolecular Hbond substituents is 1. The van der Waals surface area contributed by atoms with Gasteiger partial charge < -0.3 is 25.4 Å². The molecule has 2 heterocycles. The van der Waals surface area contributed by atoms with E-state index in [1.54, 1.807) is 17.8 Å². The lowest BCUT2D eigenvalue weighted by molar-refractivity contribution is -0.172. The summed E-state index contributed by atoms with van der Waals surface area (Å²) < 4.78 is 6.20. The summed E-state index contributed by atoms with van der Waals surface area (Å²) in [7, 11) is 0. The van der Waals surface area contributed by atoms with Crippen LogP contribution in [0.2, 0.25) is 0 Å². The quantitative estimate of drug-likeness (QED) is 0.483. The van der Waals surface area contributed by atoms with Gasteiger partial charge in [0.25, 0.3) is 5.91 Å². The molecule has 7 nitrogen and oxygen atoms in total. The number of aromatic hydroxyl groups is 1. The van der Waals surface area contributed by atoms with Gasteiger partial charge in [-0.2, -0.15) is 11.8 Å². The number of likely N-dealkylation sites (tertiary alicyclic amines) is 1. The molecule has 172 valence electrons. The van der Waals surface area contributed by atoms with Gasteiger partial charge in [-0.15, -0.1) is 0 Å². The molecule has 4 atom stereocenters. The molecular formula is C24H30N2O5S. The van der Waals surface area contributed by atoms with Crippen LogP contribution in [-0.4, -0.2) is 75.5 Å². The molecule has 5 aliphatic rings. The van der Waals surface area contributed by atoms with Gasteiger partial charge in [0.2, 0.25) is 0 Å². The van der Waals surface area contributed by atoms with E-state index in [1.165, 1.54) is 12.8 Å². The molecule has 6 rings (SSSR count). The number of carbonyl (C=O) groups is 1. The number of amides is 1. The van der Waals surface area contributed by atoms with Crippen LogP contribution in [0.25, 0.3) is 0 Å². The molecule has 1 saturated heterocycles. The van der Waals surface area contributed by atoms with Gasteiger partial charge in [0.15, 0.2) is 17.6 Å². The van der Waals surface area contributed by atoms with Crippen molar-refractivity contribution in [2.45, 2.75) is 55.3 Å². The second-order valence-electron chi connectivity index (χ2n) is 10.0. The summed E-state index contributed by atoms with van der Waals surface area (Å²) in [4.78, 5) is 15.5.